The number of rotatable bonds is 5. The third kappa shape index (κ3) is 5.57. The molecule has 1 N–H and O–H groups in total. The molecule has 0 saturated carbocycles. The molecule has 0 atom stereocenters. The normalized spacial score (nSPS) is 13.9. The number of hydrogen-bond acceptors (Lipinski definition) is 5. The van der Waals surface area contributed by atoms with Crippen molar-refractivity contribution in [1.82, 2.24) is 14.8 Å². The monoisotopic (exact) mass is 572 g/mol. The summed E-state index contributed by atoms with van der Waals surface area (Å²) in [7, 11) is 0. The van der Waals surface area contributed by atoms with Crippen LogP contribution in [0.1, 0.15) is 26.3 Å². The molecule has 40 heavy (non-hydrogen) atoms. The SMILES string of the molecule is O=C(c1ccc(NSc2cccc3cccnc23)c(C(F)(F)F)c1)N1CCN(C(=O)c2c(F)cccc2F)CC1. The maximum absolute atomic E-state index is 14.0. The average molecular weight is 573 g/mol. The number of anilines is 1. The molecule has 5 rings (SSSR count). The van der Waals surface area contributed by atoms with Gasteiger partial charge < -0.3 is 14.5 Å². The number of benzene rings is 3. The van der Waals surface area contributed by atoms with Gasteiger partial charge in [0.15, 0.2) is 0 Å². The Labute approximate surface area is 229 Å². The number of piperazine rings is 1. The van der Waals surface area contributed by atoms with Crippen molar-refractivity contribution in [2.24, 2.45) is 0 Å². The van der Waals surface area contributed by atoms with Crippen LogP contribution in [0.15, 0.2) is 77.8 Å². The van der Waals surface area contributed by atoms with Gasteiger partial charge in [-0.25, -0.2) is 8.78 Å². The van der Waals surface area contributed by atoms with E-state index in [0.717, 1.165) is 41.6 Å². The summed E-state index contributed by atoms with van der Waals surface area (Å²) >= 11 is 0.980. The zero-order valence-corrected chi connectivity index (χ0v) is 21.5. The minimum absolute atomic E-state index is 0.00801. The lowest BCUT2D eigenvalue weighted by molar-refractivity contribution is -0.136. The van der Waals surface area contributed by atoms with E-state index >= 15 is 0 Å². The van der Waals surface area contributed by atoms with Crippen molar-refractivity contribution in [2.45, 2.75) is 11.1 Å². The highest BCUT2D eigenvalue weighted by atomic mass is 32.2. The predicted molar refractivity (Wildman–Crippen MR) is 141 cm³/mol. The van der Waals surface area contributed by atoms with Gasteiger partial charge in [0.05, 0.1) is 21.7 Å². The van der Waals surface area contributed by atoms with Crippen LogP contribution in [0.4, 0.5) is 27.6 Å². The molecule has 2 heterocycles. The fraction of sp³-hybridized carbons (Fsp3) is 0.179. The molecule has 6 nitrogen and oxygen atoms in total. The zero-order valence-electron chi connectivity index (χ0n) is 20.7. The van der Waals surface area contributed by atoms with Crippen molar-refractivity contribution >= 4 is 40.4 Å². The van der Waals surface area contributed by atoms with E-state index < -0.39 is 40.8 Å². The molecule has 1 aliphatic rings. The fourth-order valence-corrected chi connectivity index (χ4v) is 5.24. The Bertz CT molecular complexity index is 1560. The molecular weight excluding hydrogens is 551 g/mol. The highest BCUT2D eigenvalue weighted by Gasteiger charge is 2.35. The first-order valence-electron chi connectivity index (χ1n) is 12.1. The molecule has 0 spiro atoms. The second-order valence-electron chi connectivity index (χ2n) is 8.97. The quantitative estimate of drug-likeness (QED) is 0.226. The standard InChI is InChI=1S/C28H21F5N4O2S/c29-20-6-2-7-21(30)24(20)27(39)37-14-12-36(13-15-37)26(38)18-9-10-22(19(16-18)28(31,32)33)35-40-23-8-1-4-17-5-3-11-34-25(17)23/h1-11,16,35H,12-15H2. The maximum Gasteiger partial charge on any atom is 0.418 e. The number of hydrogen-bond donors (Lipinski definition) is 1. The third-order valence-electron chi connectivity index (χ3n) is 6.47. The van der Waals surface area contributed by atoms with Crippen LogP contribution in [0.2, 0.25) is 0 Å². The number of nitrogens with zero attached hydrogens (tertiary/aromatic N) is 3. The number of aromatic nitrogens is 1. The van der Waals surface area contributed by atoms with Crippen molar-refractivity contribution in [3.05, 3.63) is 101 Å². The van der Waals surface area contributed by atoms with Gasteiger partial charge in [0.1, 0.15) is 17.2 Å². The fourth-order valence-electron chi connectivity index (χ4n) is 4.42. The van der Waals surface area contributed by atoms with Gasteiger partial charge >= 0.3 is 6.18 Å². The Morgan fingerprint density at radius 2 is 1.45 bits per heavy atom. The van der Waals surface area contributed by atoms with E-state index in [9.17, 15) is 31.5 Å². The summed E-state index contributed by atoms with van der Waals surface area (Å²) in [5.74, 6) is -3.48. The van der Waals surface area contributed by atoms with E-state index in [2.05, 4.69) is 9.71 Å². The first-order valence-corrected chi connectivity index (χ1v) is 13.0. The Morgan fingerprint density at radius 1 is 0.825 bits per heavy atom. The van der Waals surface area contributed by atoms with Gasteiger partial charge in [-0.2, -0.15) is 13.2 Å². The van der Waals surface area contributed by atoms with Crippen LogP contribution in [0, 0.1) is 11.6 Å². The van der Waals surface area contributed by atoms with Crippen LogP contribution in [0.5, 0.6) is 0 Å². The van der Waals surface area contributed by atoms with Crippen LogP contribution >= 0.6 is 11.9 Å². The molecule has 0 bridgehead atoms. The Balaban J connectivity index is 1.30. The Morgan fingerprint density at radius 3 is 2.12 bits per heavy atom. The predicted octanol–water partition coefficient (Wildman–Crippen LogP) is 6.25. The highest BCUT2D eigenvalue weighted by molar-refractivity contribution is 8.00. The molecule has 0 aliphatic carbocycles. The zero-order chi connectivity index (χ0) is 28.4. The van der Waals surface area contributed by atoms with Crippen LogP contribution in [-0.4, -0.2) is 52.8 Å². The minimum Gasteiger partial charge on any atom is -0.335 e. The van der Waals surface area contributed by atoms with E-state index in [4.69, 9.17) is 0 Å². The highest BCUT2D eigenvalue weighted by Crippen LogP contribution is 2.38. The van der Waals surface area contributed by atoms with Crippen LogP contribution < -0.4 is 4.72 Å². The summed E-state index contributed by atoms with van der Waals surface area (Å²) in [6.45, 7) is -0.0719. The third-order valence-corrected chi connectivity index (χ3v) is 7.34. The molecule has 12 heteroatoms. The van der Waals surface area contributed by atoms with Gasteiger partial charge in [-0.3, -0.25) is 14.6 Å². The summed E-state index contributed by atoms with van der Waals surface area (Å²) < 4.78 is 72.7. The largest absolute Gasteiger partial charge is 0.418 e. The number of carbonyl (C=O) groups excluding carboxylic acids is 2. The van der Waals surface area contributed by atoms with E-state index in [0.29, 0.717) is 10.4 Å². The average Bonchev–Trinajstić information content (AvgIpc) is 2.95. The summed E-state index contributed by atoms with van der Waals surface area (Å²) in [4.78, 5) is 33.1. The van der Waals surface area contributed by atoms with Gasteiger partial charge in [0.25, 0.3) is 11.8 Å². The molecule has 206 valence electrons. The van der Waals surface area contributed by atoms with Crippen molar-refractivity contribution in [3.8, 4) is 0 Å². The van der Waals surface area contributed by atoms with E-state index in [1.807, 2.05) is 12.1 Å². The first kappa shape index (κ1) is 27.4. The number of para-hydroxylation sites is 1. The van der Waals surface area contributed by atoms with Crippen molar-refractivity contribution < 1.29 is 31.5 Å². The lowest BCUT2D eigenvalue weighted by atomic mass is 10.1. The van der Waals surface area contributed by atoms with Crippen molar-refractivity contribution in [2.75, 3.05) is 30.9 Å². The molecule has 3 aromatic carbocycles. The molecule has 0 unspecified atom stereocenters. The maximum atomic E-state index is 14.0. The molecule has 0 radical (unpaired) electrons. The van der Waals surface area contributed by atoms with Crippen LogP contribution in [0.3, 0.4) is 0 Å². The van der Waals surface area contributed by atoms with E-state index in [-0.39, 0.29) is 37.4 Å². The topological polar surface area (TPSA) is 65.5 Å². The molecule has 1 aromatic heterocycles. The van der Waals surface area contributed by atoms with Gasteiger partial charge in [-0.15, -0.1) is 0 Å². The summed E-state index contributed by atoms with van der Waals surface area (Å²) in [5.41, 5.74) is -1.45. The molecule has 2 amide bonds. The molecule has 4 aromatic rings. The summed E-state index contributed by atoms with van der Waals surface area (Å²) in [6, 6.07) is 15.4. The summed E-state index contributed by atoms with van der Waals surface area (Å²) in [6.07, 6.45) is -3.15. The lowest BCUT2D eigenvalue weighted by Crippen LogP contribution is -2.50. The number of amides is 2. The van der Waals surface area contributed by atoms with Crippen LogP contribution in [0.25, 0.3) is 10.9 Å². The van der Waals surface area contributed by atoms with Gasteiger partial charge in [-0.1, -0.05) is 24.3 Å². The number of halogens is 5. The number of alkyl halides is 3. The molecule has 1 fully saturated rings. The molecular formula is C28H21F5N4O2S. The number of fused-ring (bicyclic) bond motifs is 1. The van der Waals surface area contributed by atoms with Crippen molar-refractivity contribution in [1.29, 1.82) is 0 Å². The number of nitrogens with one attached hydrogen (secondary N) is 1. The minimum atomic E-state index is -4.74. The number of carbonyl (C=O) groups is 2. The molecule has 1 saturated heterocycles. The van der Waals surface area contributed by atoms with Crippen LogP contribution in [-0.2, 0) is 6.18 Å². The second kappa shape index (κ2) is 11.1. The van der Waals surface area contributed by atoms with E-state index in [1.165, 1.54) is 21.9 Å². The van der Waals surface area contributed by atoms with Gasteiger partial charge in [0, 0.05) is 43.3 Å². The van der Waals surface area contributed by atoms with Gasteiger partial charge in [-0.05, 0) is 54.4 Å². The Kier molecular flexibility index (Phi) is 7.61. The lowest BCUT2D eigenvalue weighted by Gasteiger charge is -2.35. The number of pyridine rings is 1. The summed E-state index contributed by atoms with van der Waals surface area (Å²) in [5, 5.41) is 0.840. The van der Waals surface area contributed by atoms with E-state index in [1.54, 1.807) is 24.4 Å². The van der Waals surface area contributed by atoms with Crippen molar-refractivity contribution in [3.63, 3.8) is 0 Å². The smallest absolute Gasteiger partial charge is 0.335 e. The second-order valence-corrected chi connectivity index (χ2v) is 9.82. The van der Waals surface area contributed by atoms with Gasteiger partial charge in [0.2, 0.25) is 0 Å². The Hall–Kier alpha value is -4.19. The molecule has 1 aliphatic heterocycles. The first-order chi connectivity index (χ1) is 19.1.